The number of nitrogens with one attached hydrogen (secondary N) is 1. The quantitative estimate of drug-likeness (QED) is 0.809. The van der Waals surface area contributed by atoms with E-state index >= 15 is 0 Å². The average Bonchev–Trinajstić information content (AvgIpc) is 2.55. The number of hydrogen-bond acceptors (Lipinski definition) is 4. The van der Waals surface area contributed by atoms with Crippen LogP contribution in [0, 0.1) is 19.8 Å². The van der Waals surface area contributed by atoms with Gasteiger partial charge in [-0.15, -0.1) is 0 Å². The normalized spacial score (nSPS) is 27.4. The number of aromatic nitrogens is 2. The van der Waals surface area contributed by atoms with E-state index in [0.717, 1.165) is 43.2 Å². The van der Waals surface area contributed by atoms with Gasteiger partial charge >= 0.3 is 0 Å². The van der Waals surface area contributed by atoms with E-state index in [1.54, 1.807) is 0 Å². The van der Waals surface area contributed by atoms with E-state index in [1.807, 2.05) is 18.7 Å². The maximum Gasteiger partial charge on any atom is 0.257 e. The highest BCUT2D eigenvalue weighted by atomic mass is 16.5. The first-order valence-electron chi connectivity index (χ1n) is 7.15. The second-order valence-corrected chi connectivity index (χ2v) is 6.02. The van der Waals surface area contributed by atoms with Crippen molar-refractivity contribution < 1.29 is 9.53 Å². The zero-order chi connectivity index (χ0) is 14.3. The third-order valence-corrected chi connectivity index (χ3v) is 4.37. The minimum Gasteiger partial charge on any atom is -0.379 e. The minimum absolute atomic E-state index is 0.0981. The molecule has 1 aromatic heterocycles. The van der Waals surface area contributed by atoms with Crippen molar-refractivity contribution in [3.63, 3.8) is 0 Å². The zero-order valence-corrected chi connectivity index (χ0v) is 12.3. The number of carbonyl (C=O) groups excluding carboxylic acids is 1. The highest BCUT2D eigenvalue weighted by Crippen LogP contribution is 2.21. The molecule has 1 aromatic rings. The predicted octanol–water partition coefficient (Wildman–Crippen LogP) is 0.429. The van der Waals surface area contributed by atoms with E-state index in [2.05, 4.69) is 22.1 Å². The molecule has 2 aliphatic rings. The Balaban J connectivity index is 1.85. The first kappa shape index (κ1) is 13.6. The van der Waals surface area contributed by atoms with Gasteiger partial charge < -0.3 is 9.64 Å². The first-order valence-corrected chi connectivity index (χ1v) is 7.15. The van der Waals surface area contributed by atoms with Gasteiger partial charge in [-0.3, -0.25) is 14.8 Å². The van der Waals surface area contributed by atoms with Gasteiger partial charge in [0.2, 0.25) is 0 Å². The Bertz CT molecular complexity index is 494. The van der Waals surface area contributed by atoms with Crippen molar-refractivity contribution in [2.75, 3.05) is 39.9 Å². The van der Waals surface area contributed by atoms with Crippen molar-refractivity contribution in [2.24, 2.45) is 5.92 Å². The Morgan fingerprint density at radius 1 is 1.30 bits per heavy atom. The topological polar surface area (TPSA) is 61.5 Å². The maximum atomic E-state index is 12.8. The molecule has 0 saturated carbocycles. The van der Waals surface area contributed by atoms with Crippen LogP contribution in [0.1, 0.15) is 21.7 Å². The molecular formula is C14H22N4O2. The van der Waals surface area contributed by atoms with Gasteiger partial charge in [-0.1, -0.05) is 0 Å². The number of aromatic amines is 1. The van der Waals surface area contributed by atoms with Gasteiger partial charge in [0.15, 0.2) is 0 Å². The smallest absolute Gasteiger partial charge is 0.257 e. The molecule has 0 unspecified atom stereocenters. The van der Waals surface area contributed by atoms with Crippen molar-refractivity contribution >= 4 is 5.91 Å². The highest BCUT2D eigenvalue weighted by Gasteiger charge is 2.34. The second kappa shape index (κ2) is 5.18. The molecular weight excluding hydrogens is 256 g/mol. The van der Waals surface area contributed by atoms with E-state index in [1.165, 1.54) is 0 Å². The number of H-pyrrole nitrogens is 1. The number of likely N-dealkylation sites (N-methyl/N-ethyl adjacent to an activating group) is 1. The van der Waals surface area contributed by atoms with Gasteiger partial charge in [0.05, 0.1) is 30.5 Å². The number of ether oxygens (including phenoxy) is 1. The molecule has 6 heteroatoms. The van der Waals surface area contributed by atoms with E-state index < -0.39 is 0 Å². The Morgan fingerprint density at radius 3 is 2.80 bits per heavy atom. The molecule has 0 aliphatic carbocycles. The summed E-state index contributed by atoms with van der Waals surface area (Å²) in [7, 11) is 2.12. The molecule has 6 nitrogen and oxygen atoms in total. The van der Waals surface area contributed by atoms with Gasteiger partial charge in [0.1, 0.15) is 0 Å². The van der Waals surface area contributed by atoms with Crippen LogP contribution < -0.4 is 0 Å². The predicted molar refractivity (Wildman–Crippen MR) is 74.7 cm³/mol. The molecule has 2 aliphatic heterocycles. The lowest BCUT2D eigenvalue weighted by atomic mass is 10.1. The number of amides is 1. The van der Waals surface area contributed by atoms with Gasteiger partial charge in [-0.25, -0.2) is 0 Å². The summed E-state index contributed by atoms with van der Waals surface area (Å²) in [5, 5.41) is 7.03. The Morgan fingerprint density at radius 2 is 2.10 bits per heavy atom. The van der Waals surface area contributed by atoms with Crippen LogP contribution in [-0.2, 0) is 4.74 Å². The third kappa shape index (κ3) is 2.33. The molecule has 3 heterocycles. The monoisotopic (exact) mass is 278 g/mol. The lowest BCUT2D eigenvalue weighted by molar-refractivity contribution is 0.0433. The van der Waals surface area contributed by atoms with Crippen LogP contribution in [0.3, 0.4) is 0 Å². The van der Waals surface area contributed by atoms with E-state index in [0.29, 0.717) is 18.6 Å². The van der Waals surface area contributed by atoms with E-state index in [-0.39, 0.29) is 5.91 Å². The fourth-order valence-electron chi connectivity index (χ4n) is 3.24. The van der Waals surface area contributed by atoms with Gasteiger partial charge in [-0.2, -0.15) is 5.10 Å². The number of aryl methyl sites for hydroxylation is 2. The standard InChI is InChI=1S/C14H22N4O2/c1-9-13(10(2)16-15-9)14(19)18-5-11-4-17(3)12(6-18)8-20-7-11/h11-12H,4-8H2,1-3H3,(H,15,16)/t11-,12+/m1/s1. The van der Waals surface area contributed by atoms with Gasteiger partial charge in [-0.05, 0) is 20.9 Å². The Hall–Kier alpha value is -1.40. The first-order chi connectivity index (χ1) is 9.56. The highest BCUT2D eigenvalue weighted by molar-refractivity contribution is 5.96. The summed E-state index contributed by atoms with van der Waals surface area (Å²) >= 11 is 0. The summed E-state index contributed by atoms with van der Waals surface area (Å²) in [4.78, 5) is 17.1. The third-order valence-electron chi connectivity index (χ3n) is 4.37. The fourth-order valence-corrected chi connectivity index (χ4v) is 3.24. The minimum atomic E-state index is 0.0981. The molecule has 1 N–H and O–H groups in total. The Kier molecular flexibility index (Phi) is 3.52. The average molecular weight is 278 g/mol. The molecule has 0 radical (unpaired) electrons. The number of hydrogen-bond donors (Lipinski definition) is 1. The summed E-state index contributed by atoms with van der Waals surface area (Å²) in [5.41, 5.74) is 2.37. The number of rotatable bonds is 1. The van der Waals surface area contributed by atoms with Crippen LogP contribution in [0.5, 0.6) is 0 Å². The number of carbonyl (C=O) groups is 1. The van der Waals surface area contributed by atoms with Crippen molar-refractivity contribution in [2.45, 2.75) is 19.9 Å². The number of nitrogens with zero attached hydrogens (tertiary/aromatic N) is 3. The molecule has 2 fully saturated rings. The molecule has 2 atom stereocenters. The summed E-state index contributed by atoms with van der Waals surface area (Å²) in [5.74, 6) is 0.491. The van der Waals surface area contributed by atoms with Crippen LogP contribution in [0.25, 0.3) is 0 Å². The fraction of sp³-hybridized carbons (Fsp3) is 0.714. The zero-order valence-electron chi connectivity index (χ0n) is 12.3. The van der Waals surface area contributed by atoms with Crippen molar-refractivity contribution in [3.8, 4) is 0 Å². The van der Waals surface area contributed by atoms with Crippen LogP contribution in [-0.4, -0.2) is 71.8 Å². The molecule has 3 rings (SSSR count). The van der Waals surface area contributed by atoms with Crippen LogP contribution in [0.4, 0.5) is 0 Å². The van der Waals surface area contributed by atoms with Crippen molar-refractivity contribution in [3.05, 3.63) is 17.0 Å². The number of fused-ring (bicyclic) bond motifs is 3. The summed E-state index contributed by atoms with van der Waals surface area (Å²) in [6.45, 7) is 7.73. The second-order valence-electron chi connectivity index (χ2n) is 6.02. The molecule has 2 bridgehead atoms. The maximum absolute atomic E-state index is 12.8. The SMILES string of the molecule is Cc1n[nH]c(C)c1C(=O)N1C[C@@H]2COC[C@H](C1)N(C)C2. The molecule has 1 amide bonds. The van der Waals surface area contributed by atoms with E-state index in [4.69, 9.17) is 4.74 Å². The molecule has 0 aromatic carbocycles. The molecule has 110 valence electrons. The molecule has 20 heavy (non-hydrogen) atoms. The van der Waals surface area contributed by atoms with Crippen LogP contribution in [0.2, 0.25) is 0 Å². The lowest BCUT2D eigenvalue weighted by Crippen LogP contribution is -2.45. The summed E-state index contributed by atoms with van der Waals surface area (Å²) in [6.07, 6.45) is 0. The molecule has 2 saturated heterocycles. The van der Waals surface area contributed by atoms with Gasteiger partial charge in [0.25, 0.3) is 5.91 Å². The van der Waals surface area contributed by atoms with Crippen molar-refractivity contribution in [1.29, 1.82) is 0 Å². The van der Waals surface area contributed by atoms with Crippen LogP contribution in [0.15, 0.2) is 0 Å². The summed E-state index contributed by atoms with van der Waals surface area (Å²) in [6, 6.07) is 0.291. The van der Waals surface area contributed by atoms with Gasteiger partial charge in [0, 0.05) is 31.2 Å². The lowest BCUT2D eigenvalue weighted by Gasteiger charge is -2.29. The largest absolute Gasteiger partial charge is 0.379 e. The molecule has 0 spiro atoms. The van der Waals surface area contributed by atoms with E-state index in [9.17, 15) is 4.79 Å². The summed E-state index contributed by atoms with van der Waals surface area (Å²) < 4.78 is 5.70. The van der Waals surface area contributed by atoms with Crippen LogP contribution >= 0.6 is 0 Å². The van der Waals surface area contributed by atoms with Crippen molar-refractivity contribution in [1.82, 2.24) is 20.0 Å². The Labute approximate surface area is 119 Å².